The lowest BCUT2D eigenvalue weighted by atomic mass is 10.1. The van der Waals surface area contributed by atoms with Crippen molar-refractivity contribution in [1.29, 1.82) is 0 Å². The van der Waals surface area contributed by atoms with Gasteiger partial charge in [0.2, 0.25) is 5.91 Å². The van der Waals surface area contributed by atoms with Crippen LogP contribution >= 0.6 is 12.6 Å². The Morgan fingerprint density at radius 3 is 3.00 bits per heavy atom. The van der Waals surface area contributed by atoms with Gasteiger partial charge in [0.25, 0.3) is 0 Å². The third-order valence-electron chi connectivity index (χ3n) is 3.27. The van der Waals surface area contributed by atoms with Crippen LogP contribution in [0.15, 0.2) is 0 Å². The Balaban J connectivity index is 1.87. The molecule has 1 atom stereocenters. The Morgan fingerprint density at radius 2 is 2.21 bits per heavy atom. The van der Waals surface area contributed by atoms with Gasteiger partial charge in [-0.1, -0.05) is 0 Å². The standard InChI is InChI=1S/C10H18N2OS/c13-10(3-7-14)12-6-5-11-4-1-2-9(11)8-12/h9,14H,1-8H2. The van der Waals surface area contributed by atoms with Crippen molar-refractivity contribution in [1.82, 2.24) is 9.80 Å². The monoisotopic (exact) mass is 214 g/mol. The Kier molecular flexibility index (Phi) is 3.34. The average Bonchev–Trinajstić information content (AvgIpc) is 2.64. The van der Waals surface area contributed by atoms with Gasteiger partial charge in [-0.15, -0.1) is 0 Å². The van der Waals surface area contributed by atoms with E-state index in [9.17, 15) is 4.79 Å². The minimum Gasteiger partial charge on any atom is -0.340 e. The lowest BCUT2D eigenvalue weighted by Crippen LogP contribution is -2.52. The number of carbonyl (C=O) groups excluding carboxylic acids is 1. The molecular formula is C10H18N2OS. The average molecular weight is 214 g/mol. The first kappa shape index (κ1) is 10.3. The number of hydrogen-bond donors (Lipinski definition) is 1. The Labute approximate surface area is 90.8 Å². The molecule has 2 aliphatic heterocycles. The highest BCUT2D eigenvalue weighted by Crippen LogP contribution is 2.21. The zero-order valence-electron chi connectivity index (χ0n) is 8.48. The summed E-state index contributed by atoms with van der Waals surface area (Å²) in [7, 11) is 0. The molecule has 2 fully saturated rings. The molecule has 1 amide bonds. The van der Waals surface area contributed by atoms with Gasteiger partial charge in [0.05, 0.1) is 0 Å². The van der Waals surface area contributed by atoms with E-state index in [2.05, 4.69) is 17.5 Å². The fraction of sp³-hybridized carbons (Fsp3) is 0.900. The van der Waals surface area contributed by atoms with Crippen LogP contribution in [-0.2, 0) is 4.79 Å². The molecule has 2 rings (SSSR count). The minimum atomic E-state index is 0.284. The van der Waals surface area contributed by atoms with E-state index in [-0.39, 0.29) is 5.91 Å². The molecule has 80 valence electrons. The number of hydrogen-bond acceptors (Lipinski definition) is 3. The molecule has 0 aromatic rings. The van der Waals surface area contributed by atoms with Crippen LogP contribution in [0.3, 0.4) is 0 Å². The first-order valence-electron chi connectivity index (χ1n) is 5.44. The normalized spacial score (nSPS) is 27.8. The van der Waals surface area contributed by atoms with Crippen molar-refractivity contribution in [3.05, 3.63) is 0 Å². The van der Waals surface area contributed by atoms with Crippen LogP contribution in [0.4, 0.5) is 0 Å². The molecule has 14 heavy (non-hydrogen) atoms. The number of carbonyl (C=O) groups is 1. The smallest absolute Gasteiger partial charge is 0.223 e. The summed E-state index contributed by atoms with van der Waals surface area (Å²) in [5.74, 6) is 0.954. The largest absolute Gasteiger partial charge is 0.340 e. The number of rotatable bonds is 2. The molecule has 1 unspecified atom stereocenters. The molecule has 0 aromatic heterocycles. The van der Waals surface area contributed by atoms with E-state index in [1.54, 1.807) is 0 Å². The molecule has 0 spiro atoms. The second-order valence-corrected chi connectivity index (χ2v) is 4.59. The van der Waals surface area contributed by atoms with Crippen LogP contribution in [0.1, 0.15) is 19.3 Å². The summed E-state index contributed by atoms with van der Waals surface area (Å²) in [5, 5.41) is 0. The van der Waals surface area contributed by atoms with Crippen molar-refractivity contribution in [2.75, 3.05) is 31.9 Å². The van der Waals surface area contributed by atoms with E-state index in [0.29, 0.717) is 18.2 Å². The first-order chi connectivity index (χ1) is 6.81. The van der Waals surface area contributed by atoms with Crippen molar-refractivity contribution in [3.63, 3.8) is 0 Å². The van der Waals surface area contributed by atoms with Gasteiger partial charge in [-0.05, 0) is 25.1 Å². The predicted molar refractivity (Wildman–Crippen MR) is 59.6 cm³/mol. The zero-order chi connectivity index (χ0) is 9.97. The second kappa shape index (κ2) is 4.53. The summed E-state index contributed by atoms with van der Waals surface area (Å²) < 4.78 is 0. The fourth-order valence-corrected chi connectivity index (χ4v) is 2.66. The molecule has 2 saturated heterocycles. The summed E-state index contributed by atoms with van der Waals surface area (Å²) >= 11 is 4.10. The second-order valence-electron chi connectivity index (χ2n) is 4.15. The minimum absolute atomic E-state index is 0.284. The maximum atomic E-state index is 11.6. The van der Waals surface area contributed by atoms with Crippen molar-refractivity contribution in [3.8, 4) is 0 Å². The van der Waals surface area contributed by atoms with E-state index in [0.717, 1.165) is 19.6 Å². The van der Waals surface area contributed by atoms with Gasteiger partial charge in [-0.2, -0.15) is 12.6 Å². The summed E-state index contributed by atoms with van der Waals surface area (Å²) in [5.41, 5.74) is 0. The lowest BCUT2D eigenvalue weighted by Gasteiger charge is -2.37. The number of thiol groups is 1. The maximum absolute atomic E-state index is 11.6. The van der Waals surface area contributed by atoms with Crippen molar-refractivity contribution in [2.45, 2.75) is 25.3 Å². The van der Waals surface area contributed by atoms with Gasteiger partial charge in [-0.3, -0.25) is 9.69 Å². The van der Waals surface area contributed by atoms with Gasteiger partial charge in [0, 0.05) is 32.1 Å². The van der Waals surface area contributed by atoms with Gasteiger partial charge >= 0.3 is 0 Å². The molecule has 0 saturated carbocycles. The topological polar surface area (TPSA) is 23.6 Å². The lowest BCUT2D eigenvalue weighted by molar-refractivity contribution is -0.133. The molecule has 2 heterocycles. The summed E-state index contributed by atoms with van der Waals surface area (Å²) in [4.78, 5) is 16.2. The van der Waals surface area contributed by atoms with Gasteiger partial charge in [0.15, 0.2) is 0 Å². The predicted octanol–water partition coefficient (Wildman–Crippen LogP) is 0.613. The third kappa shape index (κ3) is 2.06. The van der Waals surface area contributed by atoms with Gasteiger partial charge < -0.3 is 4.90 Å². The summed E-state index contributed by atoms with van der Waals surface area (Å²) in [6.07, 6.45) is 3.17. The Hall–Kier alpha value is -0.220. The van der Waals surface area contributed by atoms with Crippen molar-refractivity contribution < 1.29 is 4.79 Å². The van der Waals surface area contributed by atoms with Crippen molar-refractivity contribution >= 4 is 18.5 Å². The van der Waals surface area contributed by atoms with Crippen LogP contribution in [0.5, 0.6) is 0 Å². The molecule has 0 aromatic carbocycles. The highest BCUT2D eigenvalue weighted by atomic mass is 32.1. The molecule has 0 N–H and O–H groups in total. The van der Waals surface area contributed by atoms with Crippen molar-refractivity contribution in [2.24, 2.45) is 0 Å². The Bertz CT molecular complexity index is 222. The first-order valence-corrected chi connectivity index (χ1v) is 6.07. The van der Waals surface area contributed by atoms with Crippen LogP contribution in [-0.4, -0.2) is 53.7 Å². The summed E-state index contributed by atoms with van der Waals surface area (Å²) in [6.45, 7) is 4.18. The SMILES string of the molecule is O=C(CCS)N1CCN2CCCC2C1. The molecule has 0 aliphatic carbocycles. The van der Waals surface area contributed by atoms with Gasteiger partial charge in [0.1, 0.15) is 0 Å². The van der Waals surface area contributed by atoms with E-state index in [1.807, 2.05) is 4.90 Å². The number of piperazine rings is 1. The van der Waals surface area contributed by atoms with E-state index in [1.165, 1.54) is 19.4 Å². The molecule has 4 heteroatoms. The molecule has 2 aliphatic rings. The fourth-order valence-electron chi connectivity index (χ4n) is 2.47. The molecule has 3 nitrogen and oxygen atoms in total. The number of fused-ring (bicyclic) bond motifs is 1. The van der Waals surface area contributed by atoms with Gasteiger partial charge in [-0.25, -0.2) is 0 Å². The Morgan fingerprint density at radius 1 is 1.36 bits per heavy atom. The van der Waals surface area contributed by atoms with Crippen LogP contribution < -0.4 is 0 Å². The quantitative estimate of drug-likeness (QED) is 0.681. The summed E-state index contributed by atoms with van der Waals surface area (Å²) in [6, 6.07) is 0.646. The third-order valence-corrected chi connectivity index (χ3v) is 3.49. The number of nitrogens with zero attached hydrogens (tertiary/aromatic N) is 2. The van der Waals surface area contributed by atoms with E-state index >= 15 is 0 Å². The molecule has 0 radical (unpaired) electrons. The maximum Gasteiger partial charge on any atom is 0.223 e. The molecular weight excluding hydrogens is 196 g/mol. The van der Waals surface area contributed by atoms with Crippen LogP contribution in [0.2, 0.25) is 0 Å². The van der Waals surface area contributed by atoms with E-state index < -0.39 is 0 Å². The van der Waals surface area contributed by atoms with Crippen LogP contribution in [0.25, 0.3) is 0 Å². The number of amides is 1. The molecule has 0 bridgehead atoms. The van der Waals surface area contributed by atoms with E-state index in [4.69, 9.17) is 0 Å². The zero-order valence-corrected chi connectivity index (χ0v) is 9.38. The van der Waals surface area contributed by atoms with Crippen LogP contribution in [0, 0.1) is 0 Å². The highest BCUT2D eigenvalue weighted by Gasteiger charge is 2.31. The highest BCUT2D eigenvalue weighted by molar-refractivity contribution is 7.80.